The molecular formula is C22H33N5O3. The van der Waals surface area contributed by atoms with E-state index in [1.807, 2.05) is 44.2 Å². The largest absolute Gasteiger partial charge is 0.337 e. The van der Waals surface area contributed by atoms with Gasteiger partial charge in [-0.2, -0.15) is 0 Å². The van der Waals surface area contributed by atoms with Crippen molar-refractivity contribution in [1.82, 2.24) is 25.1 Å². The standard InChI is InChI=1S/C22H33N5O3/c1-15(2)12-25-13-18-26(20(16(3)4)21(25)29)19(28)14-24(5)27(18)22(30)23-11-17-9-7-6-8-10-17/h6-10,15-16,18,20H,11-14H2,1-5H3,(H,23,30)/t18-,20-/m0/s1. The molecule has 1 aromatic carbocycles. The van der Waals surface area contributed by atoms with Crippen molar-refractivity contribution in [2.24, 2.45) is 11.8 Å². The van der Waals surface area contributed by atoms with E-state index in [-0.39, 0.29) is 30.3 Å². The maximum atomic E-state index is 13.2. The van der Waals surface area contributed by atoms with Crippen LogP contribution in [-0.4, -0.2) is 76.6 Å². The molecule has 2 aliphatic rings. The second-order valence-electron chi connectivity index (χ2n) is 8.91. The Kier molecular flexibility index (Phi) is 6.65. The van der Waals surface area contributed by atoms with E-state index in [9.17, 15) is 14.4 Å². The van der Waals surface area contributed by atoms with Crippen LogP contribution in [0.2, 0.25) is 0 Å². The molecule has 2 fully saturated rings. The first-order valence-corrected chi connectivity index (χ1v) is 10.6. The molecule has 0 aliphatic carbocycles. The normalized spacial score (nSPS) is 22.7. The minimum absolute atomic E-state index is 0.0301. The molecule has 0 spiro atoms. The molecule has 0 saturated carbocycles. The Bertz CT molecular complexity index is 782. The van der Waals surface area contributed by atoms with E-state index < -0.39 is 12.2 Å². The molecule has 30 heavy (non-hydrogen) atoms. The molecule has 8 heteroatoms. The van der Waals surface area contributed by atoms with Crippen molar-refractivity contribution in [3.63, 3.8) is 0 Å². The number of hydrogen-bond donors (Lipinski definition) is 1. The summed E-state index contributed by atoms with van der Waals surface area (Å²) in [6, 6.07) is 8.86. The van der Waals surface area contributed by atoms with Crippen LogP contribution < -0.4 is 5.32 Å². The van der Waals surface area contributed by atoms with Crippen molar-refractivity contribution >= 4 is 17.8 Å². The number of likely N-dealkylation sites (N-methyl/N-ethyl adjacent to an activating group) is 1. The summed E-state index contributed by atoms with van der Waals surface area (Å²) in [5, 5.41) is 6.22. The van der Waals surface area contributed by atoms with Crippen LogP contribution in [0.1, 0.15) is 33.3 Å². The third kappa shape index (κ3) is 4.43. The van der Waals surface area contributed by atoms with Gasteiger partial charge in [0.1, 0.15) is 12.2 Å². The van der Waals surface area contributed by atoms with E-state index in [1.165, 1.54) is 0 Å². The van der Waals surface area contributed by atoms with E-state index in [4.69, 9.17) is 0 Å². The zero-order chi connectivity index (χ0) is 22.0. The van der Waals surface area contributed by atoms with Crippen molar-refractivity contribution in [2.45, 2.75) is 46.4 Å². The van der Waals surface area contributed by atoms with Crippen molar-refractivity contribution in [1.29, 1.82) is 0 Å². The fourth-order valence-corrected chi connectivity index (χ4v) is 4.32. The molecule has 4 amide bonds. The van der Waals surface area contributed by atoms with Crippen molar-refractivity contribution < 1.29 is 14.4 Å². The molecule has 0 unspecified atom stereocenters. The van der Waals surface area contributed by atoms with E-state index in [0.717, 1.165) is 5.56 Å². The van der Waals surface area contributed by atoms with Gasteiger partial charge in [0.2, 0.25) is 11.8 Å². The van der Waals surface area contributed by atoms with Gasteiger partial charge in [-0.25, -0.2) is 14.8 Å². The minimum Gasteiger partial charge on any atom is -0.337 e. The number of piperazine rings is 1. The summed E-state index contributed by atoms with van der Waals surface area (Å²) in [6.07, 6.45) is -0.518. The Balaban J connectivity index is 1.86. The lowest BCUT2D eigenvalue weighted by Gasteiger charge is -2.55. The number of nitrogens with zero attached hydrogens (tertiary/aromatic N) is 4. The Morgan fingerprint density at radius 3 is 2.40 bits per heavy atom. The summed E-state index contributed by atoms with van der Waals surface area (Å²) in [7, 11) is 1.74. The lowest BCUT2D eigenvalue weighted by molar-refractivity contribution is -0.190. The number of urea groups is 1. The average Bonchev–Trinajstić information content (AvgIpc) is 2.67. The minimum atomic E-state index is -0.562. The van der Waals surface area contributed by atoms with Crippen molar-refractivity contribution in [3.05, 3.63) is 35.9 Å². The summed E-state index contributed by atoms with van der Waals surface area (Å²) in [5.74, 6) is 0.102. The number of carbonyl (C=O) groups excluding carboxylic acids is 3. The fourth-order valence-electron chi connectivity index (χ4n) is 4.32. The van der Waals surface area contributed by atoms with Crippen LogP contribution in [-0.2, 0) is 16.1 Å². The van der Waals surface area contributed by atoms with Gasteiger partial charge < -0.3 is 15.1 Å². The zero-order valence-corrected chi connectivity index (χ0v) is 18.5. The maximum absolute atomic E-state index is 13.2. The van der Waals surface area contributed by atoms with Crippen LogP contribution in [0, 0.1) is 11.8 Å². The predicted molar refractivity (Wildman–Crippen MR) is 114 cm³/mol. The SMILES string of the molecule is CC(C)CN1C[C@H]2N(C(=O)CN(C)N2C(=O)NCc2ccccc2)[C@@H](C(C)C)C1=O. The van der Waals surface area contributed by atoms with Crippen LogP contribution in [0.3, 0.4) is 0 Å². The number of fused-ring (bicyclic) bond motifs is 1. The number of amides is 4. The molecule has 2 atom stereocenters. The number of hydrogen-bond acceptors (Lipinski definition) is 4. The topological polar surface area (TPSA) is 76.2 Å². The third-order valence-electron chi connectivity index (χ3n) is 5.58. The highest BCUT2D eigenvalue weighted by atomic mass is 16.2. The Morgan fingerprint density at radius 1 is 1.13 bits per heavy atom. The number of hydrazine groups is 1. The summed E-state index contributed by atoms with van der Waals surface area (Å²) >= 11 is 0. The molecule has 2 heterocycles. The Labute approximate surface area is 178 Å². The van der Waals surface area contributed by atoms with Crippen LogP contribution in [0.25, 0.3) is 0 Å². The Hall–Kier alpha value is -2.61. The fraction of sp³-hybridized carbons (Fsp3) is 0.591. The van der Waals surface area contributed by atoms with Gasteiger partial charge >= 0.3 is 6.03 Å². The molecular weight excluding hydrogens is 382 g/mol. The number of benzene rings is 1. The lowest BCUT2D eigenvalue weighted by Crippen LogP contribution is -2.76. The molecule has 164 valence electrons. The summed E-state index contributed by atoms with van der Waals surface area (Å²) < 4.78 is 0. The molecule has 1 N–H and O–H groups in total. The molecule has 0 bridgehead atoms. The smallest absolute Gasteiger partial charge is 0.334 e. The molecule has 8 nitrogen and oxygen atoms in total. The highest BCUT2D eigenvalue weighted by molar-refractivity contribution is 5.91. The number of nitrogens with one attached hydrogen (secondary N) is 1. The number of rotatable bonds is 5. The summed E-state index contributed by atoms with van der Waals surface area (Å²) in [6.45, 7) is 9.40. The molecule has 0 radical (unpaired) electrons. The molecule has 1 aromatic rings. The van der Waals surface area contributed by atoms with Gasteiger partial charge in [-0.1, -0.05) is 58.0 Å². The molecule has 3 rings (SSSR count). The zero-order valence-electron chi connectivity index (χ0n) is 18.5. The summed E-state index contributed by atoms with van der Waals surface area (Å²) in [5.41, 5.74) is 0.999. The third-order valence-corrected chi connectivity index (χ3v) is 5.58. The first kappa shape index (κ1) is 22.1. The van der Waals surface area contributed by atoms with Gasteiger partial charge in [0.15, 0.2) is 0 Å². The predicted octanol–water partition coefficient (Wildman–Crippen LogP) is 1.74. The maximum Gasteiger partial charge on any atom is 0.334 e. The van der Waals surface area contributed by atoms with Gasteiger partial charge in [0.25, 0.3) is 0 Å². The monoisotopic (exact) mass is 415 g/mol. The van der Waals surface area contributed by atoms with Gasteiger partial charge in [0, 0.05) is 20.1 Å². The lowest BCUT2D eigenvalue weighted by atomic mass is 9.95. The van der Waals surface area contributed by atoms with Gasteiger partial charge in [-0.05, 0) is 17.4 Å². The molecule has 0 aromatic heterocycles. The van der Waals surface area contributed by atoms with Crippen molar-refractivity contribution in [3.8, 4) is 0 Å². The van der Waals surface area contributed by atoms with Gasteiger partial charge in [0.05, 0.1) is 13.1 Å². The highest BCUT2D eigenvalue weighted by Gasteiger charge is 2.51. The van der Waals surface area contributed by atoms with E-state index in [1.54, 1.807) is 26.9 Å². The molecule has 2 aliphatic heterocycles. The first-order valence-electron chi connectivity index (χ1n) is 10.6. The van der Waals surface area contributed by atoms with Gasteiger partial charge in [-0.15, -0.1) is 0 Å². The van der Waals surface area contributed by atoms with E-state index in [0.29, 0.717) is 25.6 Å². The van der Waals surface area contributed by atoms with Crippen LogP contribution >= 0.6 is 0 Å². The average molecular weight is 416 g/mol. The molecule has 2 saturated heterocycles. The number of carbonyl (C=O) groups is 3. The van der Waals surface area contributed by atoms with Crippen LogP contribution in [0.4, 0.5) is 4.79 Å². The first-order chi connectivity index (χ1) is 14.2. The van der Waals surface area contributed by atoms with Crippen LogP contribution in [0.15, 0.2) is 30.3 Å². The van der Waals surface area contributed by atoms with E-state index in [2.05, 4.69) is 19.2 Å². The van der Waals surface area contributed by atoms with Crippen molar-refractivity contribution in [2.75, 3.05) is 26.7 Å². The second kappa shape index (κ2) is 9.04. The van der Waals surface area contributed by atoms with Gasteiger partial charge in [-0.3, -0.25) is 9.59 Å². The van der Waals surface area contributed by atoms with Crippen LogP contribution in [0.5, 0.6) is 0 Å². The highest BCUT2D eigenvalue weighted by Crippen LogP contribution is 2.29. The Morgan fingerprint density at radius 2 is 1.80 bits per heavy atom. The quantitative estimate of drug-likeness (QED) is 0.795. The van der Waals surface area contributed by atoms with E-state index >= 15 is 0 Å². The summed E-state index contributed by atoms with van der Waals surface area (Å²) in [4.78, 5) is 42.7. The second-order valence-corrected chi connectivity index (χ2v) is 8.91.